The minimum Gasteiger partial charge on any atom is -0.508 e. The van der Waals surface area contributed by atoms with Gasteiger partial charge in [0, 0.05) is 0 Å². The van der Waals surface area contributed by atoms with Gasteiger partial charge in [-0.3, -0.25) is 0 Å². The first-order valence-corrected chi connectivity index (χ1v) is 8.68. The Hall–Kier alpha value is -3.92. The maximum absolute atomic E-state index is 9.28. The van der Waals surface area contributed by atoms with E-state index in [1.807, 2.05) is 30.3 Å². The molecule has 0 fully saturated rings. The fourth-order valence-corrected chi connectivity index (χ4v) is 2.71. The van der Waals surface area contributed by atoms with Gasteiger partial charge in [0.25, 0.3) is 0 Å². The lowest BCUT2D eigenvalue weighted by Gasteiger charge is -2.02. The van der Waals surface area contributed by atoms with E-state index in [-0.39, 0.29) is 23.0 Å². The van der Waals surface area contributed by atoms with E-state index in [1.54, 1.807) is 66.7 Å². The van der Waals surface area contributed by atoms with Crippen molar-refractivity contribution in [2.45, 2.75) is 0 Å². The van der Waals surface area contributed by atoms with Crippen molar-refractivity contribution in [1.82, 2.24) is 0 Å². The van der Waals surface area contributed by atoms with Crippen LogP contribution in [0.5, 0.6) is 23.0 Å². The third-order valence-electron chi connectivity index (χ3n) is 4.07. The fourth-order valence-electron chi connectivity index (χ4n) is 2.71. The monoisotopic (exact) mass is 372 g/mol. The Balaban J connectivity index is 0.000000161. The van der Waals surface area contributed by atoms with E-state index in [0.29, 0.717) is 0 Å². The molecule has 140 valence electrons. The van der Waals surface area contributed by atoms with E-state index in [2.05, 4.69) is 0 Å². The molecule has 0 saturated carbocycles. The molecule has 0 aliphatic heterocycles. The normalized spacial score (nSPS) is 10.0. The first kappa shape index (κ1) is 18.9. The number of hydrogen-bond donors (Lipinski definition) is 4. The van der Waals surface area contributed by atoms with Crippen molar-refractivity contribution in [3.63, 3.8) is 0 Å². The van der Waals surface area contributed by atoms with Crippen molar-refractivity contribution < 1.29 is 20.4 Å². The minimum atomic E-state index is 0.228. The van der Waals surface area contributed by atoms with Gasteiger partial charge in [0.1, 0.15) is 23.0 Å². The van der Waals surface area contributed by atoms with Crippen molar-refractivity contribution >= 4 is 0 Å². The molecule has 0 unspecified atom stereocenters. The predicted octanol–water partition coefficient (Wildman–Crippen LogP) is 5.53. The highest BCUT2D eigenvalue weighted by Gasteiger charge is 1.99. The summed E-state index contributed by atoms with van der Waals surface area (Å²) in [7, 11) is 0. The molecule has 0 spiro atoms. The highest BCUT2D eigenvalue weighted by atomic mass is 16.3. The molecule has 0 aromatic heterocycles. The number of phenolic OH excluding ortho intramolecular Hbond substituents is 4. The Bertz CT molecular complexity index is 1010. The molecular weight excluding hydrogens is 352 g/mol. The largest absolute Gasteiger partial charge is 0.508 e. The van der Waals surface area contributed by atoms with E-state index in [9.17, 15) is 15.3 Å². The van der Waals surface area contributed by atoms with E-state index in [4.69, 9.17) is 5.11 Å². The maximum atomic E-state index is 9.28. The molecule has 28 heavy (non-hydrogen) atoms. The van der Waals surface area contributed by atoms with Gasteiger partial charge >= 0.3 is 0 Å². The van der Waals surface area contributed by atoms with Crippen LogP contribution in [0.3, 0.4) is 0 Å². The van der Waals surface area contributed by atoms with Crippen LogP contribution in [-0.2, 0) is 0 Å². The number of rotatable bonds is 2. The second-order valence-electron chi connectivity index (χ2n) is 6.20. The van der Waals surface area contributed by atoms with Crippen LogP contribution in [0.15, 0.2) is 97.1 Å². The van der Waals surface area contributed by atoms with Crippen LogP contribution in [0.25, 0.3) is 22.3 Å². The molecule has 4 nitrogen and oxygen atoms in total. The second kappa shape index (κ2) is 8.64. The number of benzene rings is 4. The summed E-state index contributed by atoms with van der Waals surface area (Å²) in [5.74, 6) is 0.946. The molecule has 0 amide bonds. The van der Waals surface area contributed by atoms with Crippen molar-refractivity contribution in [1.29, 1.82) is 0 Å². The van der Waals surface area contributed by atoms with Crippen LogP contribution >= 0.6 is 0 Å². The highest BCUT2D eigenvalue weighted by molar-refractivity contribution is 5.66. The van der Waals surface area contributed by atoms with Crippen LogP contribution in [0.2, 0.25) is 0 Å². The number of aromatic hydroxyl groups is 4. The smallest absolute Gasteiger partial charge is 0.116 e. The zero-order chi connectivity index (χ0) is 19.9. The van der Waals surface area contributed by atoms with E-state index >= 15 is 0 Å². The molecule has 4 aromatic rings. The fraction of sp³-hybridized carbons (Fsp3) is 0. The average Bonchev–Trinajstić information content (AvgIpc) is 2.69. The Morgan fingerprint density at radius 1 is 0.321 bits per heavy atom. The molecule has 4 aromatic carbocycles. The zero-order valence-corrected chi connectivity index (χ0v) is 15.0. The molecular formula is C24H20O4. The highest BCUT2D eigenvalue weighted by Crippen LogP contribution is 2.26. The van der Waals surface area contributed by atoms with Crippen LogP contribution in [0.1, 0.15) is 0 Å². The summed E-state index contributed by atoms with van der Waals surface area (Å²) in [4.78, 5) is 0. The molecule has 0 aliphatic carbocycles. The van der Waals surface area contributed by atoms with Gasteiger partial charge in [-0.15, -0.1) is 0 Å². The summed E-state index contributed by atoms with van der Waals surface area (Å²) < 4.78 is 0. The summed E-state index contributed by atoms with van der Waals surface area (Å²) in [6.45, 7) is 0. The average molecular weight is 372 g/mol. The molecule has 4 N–H and O–H groups in total. The van der Waals surface area contributed by atoms with Gasteiger partial charge < -0.3 is 20.4 Å². The van der Waals surface area contributed by atoms with Crippen molar-refractivity contribution in [3.05, 3.63) is 97.1 Å². The lowest BCUT2D eigenvalue weighted by atomic mass is 10.1. The van der Waals surface area contributed by atoms with Gasteiger partial charge in [-0.25, -0.2) is 0 Å². The van der Waals surface area contributed by atoms with Gasteiger partial charge in [-0.2, -0.15) is 0 Å². The van der Waals surface area contributed by atoms with Crippen molar-refractivity contribution in [2.75, 3.05) is 0 Å². The third-order valence-corrected chi connectivity index (χ3v) is 4.07. The van der Waals surface area contributed by atoms with Gasteiger partial charge in [0.15, 0.2) is 0 Å². The lowest BCUT2D eigenvalue weighted by Crippen LogP contribution is -1.76. The molecule has 0 atom stereocenters. The van der Waals surface area contributed by atoms with E-state index in [0.717, 1.165) is 22.3 Å². The van der Waals surface area contributed by atoms with Gasteiger partial charge in [-0.05, 0) is 70.8 Å². The summed E-state index contributed by atoms with van der Waals surface area (Å²) in [5.41, 5.74) is 3.69. The zero-order valence-electron chi connectivity index (χ0n) is 15.0. The SMILES string of the molecule is Oc1ccc(-c2cccc(O)c2)cc1.Oc1cccc(-c2cccc(O)c2)c1. The lowest BCUT2D eigenvalue weighted by molar-refractivity contribution is 0.474. The third kappa shape index (κ3) is 5.05. The topological polar surface area (TPSA) is 80.9 Å². The molecule has 0 saturated heterocycles. The number of phenols is 4. The maximum Gasteiger partial charge on any atom is 0.116 e. The Labute approximate surface area is 163 Å². The first-order valence-electron chi connectivity index (χ1n) is 8.68. The standard InChI is InChI=1S/2C12H10O2/c13-11-5-1-3-9(7-11)10-4-2-6-12(14)8-10;13-11-6-4-9(5-7-11)10-2-1-3-12(14)8-10/h2*1-8,13-14H. The van der Waals surface area contributed by atoms with Crippen LogP contribution in [-0.4, -0.2) is 20.4 Å². The Kier molecular flexibility index (Phi) is 5.82. The van der Waals surface area contributed by atoms with Gasteiger partial charge in [0.05, 0.1) is 0 Å². The first-order chi connectivity index (χ1) is 13.5. The summed E-state index contributed by atoms with van der Waals surface area (Å²) in [5, 5.41) is 37.0. The van der Waals surface area contributed by atoms with Crippen molar-refractivity contribution in [2.24, 2.45) is 0 Å². The predicted molar refractivity (Wildman–Crippen MR) is 110 cm³/mol. The van der Waals surface area contributed by atoms with Gasteiger partial charge in [0.2, 0.25) is 0 Å². The molecule has 0 aliphatic rings. The van der Waals surface area contributed by atoms with Crippen LogP contribution < -0.4 is 0 Å². The second-order valence-corrected chi connectivity index (χ2v) is 6.20. The molecule has 4 rings (SSSR count). The Morgan fingerprint density at radius 2 is 0.679 bits per heavy atom. The van der Waals surface area contributed by atoms with Gasteiger partial charge in [-0.1, -0.05) is 48.5 Å². The molecule has 4 heteroatoms. The quantitative estimate of drug-likeness (QED) is 0.373. The van der Waals surface area contributed by atoms with E-state index < -0.39 is 0 Å². The minimum absolute atomic E-state index is 0.228. The molecule has 0 bridgehead atoms. The Morgan fingerprint density at radius 3 is 1.04 bits per heavy atom. The summed E-state index contributed by atoms with van der Waals surface area (Å²) in [6, 6.07) is 27.8. The van der Waals surface area contributed by atoms with Crippen molar-refractivity contribution in [3.8, 4) is 45.3 Å². The molecule has 0 radical (unpaired) electrons. The summed E-state index contributed by atoms with van der Waals surface area (Å²) in [6.07, 6.45) is 0. The van der Waals surface area contributed by atoms with Crippen LogP contribution in [0, 0.1) is 0 Å². The molecule has 0 heterocycles. The van der Waals surface area contributed by atoms with Crippen LogP contribution in [0.4, 0.5) is 0 Å². The summed E-state index contributed by atoms with van der Waals surface area (Å²) >= 11 is 0. The van der Waals surface area contributed by atoms with E-state index in [1.165, 1.54) is 0 Å². The number of hydrogen-bond acceptors (Lipinski definition) is 4.